The number of hydrogen-bond donors (Lipinski definition) is 4. The molecule has 3 rings (SSSR count). The van der Waals surface area contributed by atoms with Crippen LogP contribution in [-0.2, 0) is 4.79 Å². The molecule has 3 amide bonds. The molecule has 1 fully saturated rings. The van der Waals surface area contributed by atoms with Gasteiger partial charge in [0.25, 0.3) is 5.91 Å². The third-order valence-corrected chi connectivity index (χ3v) is 5.53. The summed E-state index contributed by atoms with van der Waals surface area (Å²) in [7, 11) is 0. The number of aryl methyl sites for hydroxylation is 1. The Balaban J connectivity index is 1.36. The monoisotopic (exact) mass is 439 g/mol. The van der Waals surface area contributed by atoms with Crippen molar-refractivity contribution in [1.82, 2.24) is 10.6 Å². The summed E-state index contributed by atoms with van der Waals surface area (Å²) in [4.78, 5) is 35.3. The highest BCUT2D eigenvalue weighted by molar-refractivity contribution is 5.94. The topological polar surface area (TPSA) is 117 Å². The zero-order valence-corrected chi connectivity index (χ0v) is 18.1. The first-order valence-electron chi connectivity index (χ1n) is 10.8. The molecule has 2 aromatic carbocycles. The Kier molecular flexibility index (Phi) is 8.08. The fourth-order valence-electron chi connectivity index (χ4n) is 3.64. The van der Waals surface area contributed by atoms with Gasteiger partial charge >= 0.3 is 12.0 Å². The lowest BCUT2D eigenvalue weighted by Gasteiger charge is -2.26. The average Bonchev–Trinajstić information content (AvgIpc) is 2.79. The summed E-state index contributed by atoms with van der Waals surface area (Å²) in [6.45, 7) is 2.50. The van der Waals surface area contributed by atoms with Gasteiger partial charge in [0.1, 0.15) is 5.75 Å². The molecule has 0 unspecified atom stereocenters. The molecule has 0 saturated heterocycles. The average molecular weight is 440 g/mol. The molecule has 4 N–H and O–H groups in total. The zero-order chi connectivity index (χ0) is 22.9. The summed E-state index contributed by atoms with van der Waals surface area (Å²) in [5.74, 6) is -0.584. The van der Waals surface area contributed by atoms with Gasteiger partial charge in [0.05, 0.1) is 12.0 Å². The number of rotatable bonds is 8. The third-order valence-electron chi connectivity index (χ3n) is 5.53. The SMILES string of the molecule is Cc1ccccc1NC(=O)NCCNC(=O)c1ccc(O[C@H]2CC[C@@H](C(=O)O)CC2)cc1. The maximum absolute atomic E-state index is 12.3. The van der Waals surface area contributed by atoms with Gasteiger partial charge in [0.15, 0.2) is 0 Å². The number of carbonyl (C=O) groups excluding carboxylic acids is 2. The van der Waals surface area contributed by atoms with E-state index in [4.69, 9.17) is 9.84 Å². The number of anilines is 1. The highest BCUT2D eigenvalue weighted by Crippen LogP contribution is 2.28. The van der Waals surface area contributed by atoms with E-state index in [9.17, 15) is 14.4 Å². The second kappa shape index (κ2) is 11.2. The predicted molar refractivity (Wildman–Crippen MR) is 121 cm³/mol. The van der Waals surface area contributed by atoms with E-state index in [-0.39, 0.29) is 24.0 Å². The number of hydrogen-bond acceptors (Lipinski definition) is 4. The molecular weight excluding hydrogens is 410 g/mol. The van der Waals surface area contributed by atoms with E-state index in [1.165, 1.54) is 0 Å². The molecule has 8 nitrogen and oxygen atoms in total. The maximum atomic E-state index is 12.3. The summed E-state index contributed by atoms with van der Waals surface area (Å²) in [5.41, 5.74) is 2.21. The Morgan fingerprint density at radius 1 is 0.938 bits per heavy atom. The first-order valence-corrected chi connectivity index (χ1v) is 10.8. The van der Waals surface area contributed by atoms with Gasteiger partial charge < -0.3 is 25.8 Å². The number of nitrogens with one attached hydrogen (secondary N) is 3. The van der Waals surface area contributed by atoms with Gasteiger partial charge in [-0.1, -0.05) is 18.2 Å². The number of benzene rings is 2. The molecule has 0 aromatic heterocycles. The van der Waals surface area contributed by atoms with Gasteiger partial charge in [0.2, 0.25) is 0 Å². The van der Waals surface area contributed by atoms with E-state index in [1.54, 1.807) is 24.3 Å². The van der Waals surface area contributed by atoms with Crippen molar-refractivity contribution in [3.63, 3.8) is 0 Å². The normalized spacial score (nSPS) is 17.8. The molecular formula is C24H29N3O5. The Morgan fingerprint density at radius 2 is 1.59 bits per heavy atom. The summed E-state index contributed by atoms with van der Waals surface area (Å²) in [6, 6.07) is 14.0. The predicted octanol–water partition coefficient (Wildman–Crippen LogP) is 3.57. The Morgan fingerprint density at radius 3 is 2.25 bits per heavy atom. The minimum Gasteiger partial charge on any atom is -0.490 e. The molecule has 1 aliphatic carbocycles. The van der Waals surface area contributed by atoms with Crippen LogP contribution >= 0.6 is 0 Å². The lowest BCUT2D eigenvalue weighted by atomic mass is 9.87. The minimum atomic E-state index is -0.735. The van der Waals surface area contributed by atoms with Gasteiger partial charge in [-0.3, -0.25) is 9.59 Å². The third kappa shape index (κ3) is 6.73. The smallest absolute Gasteiger partial charge is 0.319 e. The van der Waals surface area contributed by atoms with Crippen LogP contribution in [0.5, 0.6) is 5.75 Å². The van der Waals surface area contributed by atoms with Crippen LogP contribution in [0.2, 0.25) is 0 Å². The molecule has 0 spiro atoms. The van der Waals surface area contributed by atoms with Crippen LogP contribution in [0.25, 0.3) is 0 Å². The van der Waals surface area contributed by atoms with E-state index in [0.29, 0.717) is 50.1 Å². The number of para-hydroxylation sites is 1. The Labute approximate surface area is 187 Å². The lowest BCUT2D eigenvalue weighted by Crippen LogP contribution is -2.36. The minimum absolute atomic E-state index is 0.00201. The number of urea groups is 1. The molecule has 0 radical (unpaired) electrons. The van der Waals surface area contributed by atoms with Gasteiger partial charge in [-0.05, 0) is 68.5 Å². The van der Waals surface area contributed by atoms with E-state index < -0.39 is 5.97 Å². The van der Waals surface area contributed by atoms with Crippen molar-refractivity contribution in [3.05, 3.63) is 59.7 Å². The summed E-state index contributed by atoms with van der Waals surface area (Å²) in [5, 5.41) is 17.3. The van der Waals surface area contributed by atoms with E-state index >= 15 is 0 Å². The lowest BCUT2D eigenvalue weighted by molar-refractivity contribution is -0.143. The molecule has 8 heteroatoms. The first-order chi connectivity index (χ1) is 15.4. The second-order valence-electron chi connectivity index (χ2n) is 7.91. The van der Waals surface area contributed by atoms with Crippen molar-refractivity contribution in [3.8, 4) is 5.75 Å². The molecule has 32 heavy (non-hydrogen) atoms. The van der Waals surface area contributed by atoms with Crippen LogP contribution in [-0.4, -0.2) is 42.2 Å². The zero-order valence-electron chi connectivity index (χ0n) is 18.1. The highest BCUT2D eigenvalue weighted by Gasteiger charge is 2.26. The molecule has 0 bridgehead atoms. The summed E-state index contributed by atoms with van der Waals surface area (Å²) < 4.78 is 5.92. The highest BCUT2D eigenvalue weighted by atomic mass is 16.5. The Hall–Kier alpha value is -3.55. The van der Waals surface area contributed by atoms with Crippen LogP contribution in [0.15, 0.2) is 48.5 Å². The maximum Gasteiger partial charge on any atom is 0.319 e. The van der Waals surface area contributed by atoms with Gasteiger partial charge in [0, 0.05) is 24.3 Å². The van der Waals surface area contributed by atoms with E-state index in [2.05, 4.69) is 16.0 Å². The van der Waals surface area contributed by atoms with Crippen molar-refractivity contribution in [2.24, 2.45) is 5.92 Å². The molecule has 170 valence electrons. The number of carboxylic acid groups (broad SMARTS) is 1. The van der Waals surface area contributed by atoms with Crippen molar-refractivity contribution < 1.29 is 24.2 Å². The van der Waals surface area contributed by atoms with Gasteiger partial charge in [-0.2, -0.15) is 0 Å². The standard InChI is InChI=1S/C24H29N3O5/c1-16-4-2-3-5-21(16)27-24(31)26-15-14-25-22(28)17-6-10-19(11-7-17)32-20-12-8-18(9-13-20)23(29)30/h2-7,10-11,18,20H,8-9,12-15H2,1H3,(H,25,28)(H,29,30)(H2,26,27,31)/t18-,20+. The van der Waals surface area contributed by atoms with E-state index in [0.717, 1.165) is 11.3 Å². The first kappa shape index (κ1) is 23.1. The Bertz CT molecular complexity index is 937. The molecule has 1 saturated carbocycles. The van der Waals surface area contributed by atoms with Crippen molar-refractivity contribution in [1.29, 1.82) is 0 Å². The van der Waals surface area contributed by atoms with Crippen LogP contribution < -0.4 is 20.7 Å². The van der Waals surface area contributed by atoms with Crippen LogP contribution in [0, 0.1) is 12.8 Å². The number of carboxylic acids is 1. The van der Waals surface area contributed by atoms with E-state index in [1.807, 2.05) is 31.2 Å². The largest absolute Gasteiger partial charge is 0.490 e. The molecule has 0 aliphatic heterocycles. The van der Waals surface area contributed by atoms with Gasteiger partial charge in [-0.15, -0.1) is 0 Å². The van der Waals surface area contributed by atoms with Crippen molar-refractivity contribution >= 4 is 23.6 Å². The van der Waals surface area contributed by atoms with Crippen molar-refractivity contribution in [2.75, 3.05) is 18.4 Å². The van der Waals surface area contributed by atoms with Crippen LogP contribution in [0.3, 0.4) is 0 Å². The van der Waals surface area contributed by atoms with Crippen molar-refractivity contribution in [2.45, 2.75) is 38.7 Å². The van der Waals surface area contributed by atoms with Crippen LogP contribution in [0.1, 0.15) is 41.6 Å². The second-order valence-corrected chi connectivity index (χ2v) is 7.91. The fourth-order valence-corrected chi connectivity index (χ4v) is 3.64. The quantitative estimate of drug-likeness (QED) is 0.469. The number of carbonyl (C=O) groups is 3. The summed E-state index contributed by atoms with van der Waals surface area (Å²) >= 11 is 0. The number of ether oxygens (including phenoxy) is 1. The summed E-state index contributed by atoms with van der Waals surface area (Å²) in [6.07, 6.45) is 2.67. The molecule has 1 aliphatic rings. The van der Waals surface area contributed by atoms with Crippen LogP contribution in [0.4, 0.5) is 10.5 Å². The fraction of sp³-hybridized carbons (Fsp3) is 0.375. The molecule has 0 heterocycles. The molecule has 0 atom stereocenters. The molecule has 2 aromatic rings. The number of aliphatic carboxylic acids is 1. The number of amides is 3. The van der Waals surface area contributed by atoms with Gasteiger partial charge in [-0.25, -0.2) is 4.79 Å².